The number of aromatic nitrogens is 1. The van der Waals surface area contributed by atoms with Crippen molar-refractivity contribution in [2.24, 2.45) is 9.98 Å². The second-order valence-corrected chi connectivity index (χ2v) is 8.44. The first-order valence-electron chi connectivity index (χ1n) is 8.44. The average Bonchev–Trinajstić information content (AvgIpc) is 3.20. The number of fused-ring (bicyclic) bond motifs is 4. The number of thiazole rings is 1. The molecule has 3 aromatic rings. The SMILES string of the molecule is O=C(O)/N=C1\CCc2c(sc3c2=C(Nc2ccc4[nH]c(=O)sc4c2)N=C=[N+]=3)C1. The molecule has 0 spiro atoms. The van der Waals surface area contributed by atoms with Crippen LogP contribution < -0.4 is 24.7 Å². The van der Waals surface area contributed by atoms with Gasteiger partial charge in [0.1, 0.15) is 5.22 Å². The van der Waals surface area contributed by atoms with Gasteiger partial charge in [-0.1, -0.05) is 22.7 Å². The smallest absolute Gasteiger partial charge is 0.432 e. The molecule has 2 aromatic heterocycles. The molecule has 5 rings (SSSR count). The van der Waals surface area contributed by atoms with Crippen LogP contribution in [0.4, 0.5) is 10.5 Å². The van der Waals surface area contributed by atoms with Crippen LogP contribution in [0.25, 0.3) is 16.0 Å². The molecule has 3 heterocycles. The summed E-state index contributed by atoms with van der Waals surface area (Å²) in [6.45, 7) is 0. The highest BCUT2D eigenvalue weighted by atomic mass is 32.1. The Bertz CT molecular complexity index is 1450. The number of carbonyl (C=O) groups is 1. The van der Waals surface area contributed by atoms with Gasteiger partial charge < -0.3 is 15.4 Å². The highest BCUT2D eigenvalue weighted by Crippen LogP contribution is 2.23. The van der Waals surface area contributed by atoms with Crippen molar-refractivity contribution in [1.82, 2.24) is 9.65 Å². The van der Waals surface area contributed by atoms with Crippen LogP contribution >= 0.6 is 22.7 Å². The van der Waals surface area contributed by atoms with Gasteiger partial charge in [0.15, 0.2) is 0 Å². The molecule has 0 bridgehead atoms. The largest absolute Gasteiger partial charge is 0.463 e. The molecule has 0 unspecified atom stereocenters. The van der Waals surface area contributed by atoms with Crippen LogP contribution in [0.3, 0.4) is 0 Å². The topological polar surface area (TPSA) is 121 Å². The second-order valence-electron chi connectivity index (χ2n) is 6.34. The van der Waals surface area contributed by atoms with E-state index in [1.165, 1.54) is 11.3 Å². The van der Waals surface area contributed by atoms with Crippen LogP contribution in [0.15, 0.2) is 33.0 Å². The molecule has 2 aliphatic rings. The van der Waals surface area contributed by atoms with Crippen LogP contribution in [0.1, 0.15) is 16.9 Å². The molecule has 10 heteroatoms. The number of aliphatic imine (C=N–C) groups is 2. The molecule has 0 fully saturated rings. The minimum Gasteiger partial charge on any atom is -0.463 e. The average molecular weight is 410 g/mol. The van der Waals surface area contributed by atoms with Crippen molar-refractivity contribution in [2.45, 2.75) is 19.3 Å². The lowest BCUT2D eigenvalue weighted by Gasteiger charge is -2.12. The molecule has 0 saturated heterocycles. The van der Waals surface area contributed by atoms with Gasteiger partial charge in [0.25, 0.3) is 5.82 Å². The number of thiophene rings is 1. The molecular weight excluding hydrogens is 398 g/mol. The first-order chi connectivity index (χ1) is 13.6. The van der Waals surface area contributed by atoms with Crippen molar-refractivity contribution in [3.63, 3.8) is 0 Å². The third kappa shape index (κ3) is 2.90. The van der Waals surface area contributed by atoms with E-state index >= 15 is 0 Å². The minimum atomic E-state index is -1.16. The van der Waals surface area contributed by atoms with Crippen molar-refractivity contribution in [3.8, 4) is 0 Å². The highest BCUT2D eigenvalue weighted by Gasteiger charge is 2.25. The molecule has 138 valence electrons. The molecule has 1 amide bonds. The summed E-state index contributed by atoms with van der Waals surface area (Å²) in [5, 5.41) is 13.2. The molecule has 3 N–H and O–H groups in total. The van der Waals surface area contributed by atoms with Crippen molar-refractivity contribution in [1.29, 1.82) is 0 Å². The highest BCUT2D eigenvalue weighted by molar-refractivity contribution is 7.16. The maximum atomic E-state index is 11.5. The Morgan fingerprint density at radius 3 is 3.11 bits per heavy atom. The fourth-order valence-corrected chi connectivity index (χ4v) is 5.41. The standard InChI is InChI=1S/C18H11N5O3S2/c24-17(25)22-9-1-3-10-12(5-9)27-16-14(10)15(19-7-20-16)21-8-2-4-11-13(6-8)28-18(26)23-11/h2,4,6H,1,3,5H2,(H2,23,24,25,26)/p+1/b22-9+. The first-order valence-corrected chi connectivity index (χ1v) is 10.1. The molecule has 0 saturated carbocycles. The van der Waals surface area contributed by atoms with Gasteiger partial charge in [-0.05, 0) is 36.6 Å². The van der Waals surface area contributed by atoms with Gasteiger partial charge in [-0.15, -0.1) is 4.67 Å². The Kier molecular flexibility index (Phi) is 3.85. The molecule has 8 nitrogen and oxygen atoms in total. The second kappa shape index (κ2) is 6.40. The lowest BCUT2D eigenvalue weighted by molar-refractivity contribution is 0.205. The van der Waals surface area contributed by atoms with E-state index in [9.17, 15) is 9.59 Å². The predicted molar refractivity (Wildman–Crippen MR) is 109 cm³/mol. The predicted octanol–water partition coefficient (Wildman–Crippen LogP) is 1.31. The van der Waals surface area contributed by atoms with Crippen molar-refractivity contribution in [2.75, 3.05) is 5.32 Å². The van der Waals surface area contributed by atoms with Crippen LogP contribution in [0.2, 0.25) is 0 Å². The summed E-state index contributed by atoms with van der Waals surface area (Å²) in [5.41, 5.74) is 3.43. The van der Waals surface area contributed by atoms with E-state index in [-0.39, 0.29) is 4.87 Å². The van der Waals surface area contributed by atoms with Crippen LogP contribution in [-0.4, -0.2) is 27.9 Å². The van der Waals surface area contributed by atoms with E-state index in [1.54, 1.807) is 0 Å². The van der Waals surface area contributed by atoms with Crippen molar-refractivity contribution < 1.29 is 9.90 Å². The summed E-state index contributed by atoms with van der Waals surface area (Å²) in [6.07, 6.45) is 0.664. The zero-order valence-electron chi connectivity index (χ0n) is 14.3. The molecule has 1 aliphatic carbocycles. The van der Waals surface area contributed by atoms with Gasteiger partial charge in [-0.3, -0.25) is 4.79 Å². The van der Waals surface area contributed by atoms with Gasteiger partial charge in [0.05, 0.1) is 10.2 Å². The zero-order valence-corrected chi connectivity index (χ0v) is 15.9. The van der Waals surface area contributed by atoms with Crippen LogP contribution in [0.5, 0.6) is 0 Å². The molecule has 0 atom stereocenters. The Morgan fingerprint density at radius 1 is 1.36 bits per heavy atom. The number of anilines is 1. The quantitative estimate of drug-likeness (QED) is 0.552. The number of carboxylic acid groups (broad SMARTS) is 1. The third-order valence-corrected chi connectivity index (χ3v) is 6.56. The fourth-order valence-electron chi connectivity index (χ4n) is 3.43. The van der Waals surface area contributed by atoms with Crippen LogP contribution in [-0.2, 0) is 12.8 Å². The van der Waals surface area contributed by atoms with E-state index in [0.717, 1.165) is 47.6 Å². The number of hydrogen-bond donors (Lipinski definition) is 3. The number of aromatic amines is 1. The Hall–Kier alpha value is -3.29. The maximum Gasteiger partial charge on any atom is 0.432 e. The normalized spacial score (nSPS) is 16.1. The Morgan fingerprint density at radius 2 is 2.25 bits per heavy atom. The van der Waals surface area contributed by atoms with Gasteiger partial charge in [-0.2, -0.15) is 4.99 Å². The zero-order chi connectivity index (χ0) is 19.3. The van der Waals surface area contributed by atoms with Gasteiger partial charge in [0.2, 0.25) is 0 Å². The summed E-state index contributed by atoms with van der Waals surface area (Å²) in [7, 11) is 0. The molecule has 0 radical (unpaired) electrons. The van der Waals surface area contributed by atoms with Crippen molar-refractivity contribution in [3.05, 3.63) is 48.2 Å². The number of benzene rings is 1. The van der Waals surface area contributed by atoms with Gasteiger partial charge in [-0.25, -0.2) is 4.79 Å². The van der Waals surface area contributed by atoms with E-state index in [1.807, 2.05) is 18.2 Å². The minimum absolute atomic E-state index is 0.0874. The van der Waals surface area contributed by atoms with E-state index in [4.69, 9.17) is 5.11 Å². The van der Waals surface area contributed by atoms with E-state index in [0.29, 0.717) is 30.8 Å². The first kappa shape index (κ1) is 16.9. The lowest BCUT2D eigenvalue weighted by atomic mass is 9.96. The number of H-pyrrole nitrogens is 1. The fraction of sp³-hybridized carbons (Fsp3) is 0.167. The van der Waals surface area contributed by atoms with Gasteiger partial charge in [0, 0.05) is 27.7 Å². The number of hydrogen-bond acceptors (Lipinski definition) is 6. The molecule has 28 heavy (non-hydrogen) atoms. The number of nitrogens with one attached hydrogen (secondary N) is 2. The maximum absolute atomic E-state index is 11.5. The van der Waals surface area contributed by atoms with Crippen molar-refractivity contribution >= 4 is 62.2 Å². The summed E-state index contributed by atoms with van der Waals surface area (Å²) in [4.78, 5) is 34.1. The molecular formula is C18H12N5O3S2+. The third-order valence-electron chi connectivity index (χ3n) is 4.59. The Balaban J connectivity index is 1.59. The summed E-state index contributed by atoms with van der Waals surface area (Å²) in [6, 6.07) is 8.33. The molecule has 1 aliphatic heterocycles. The van der Waals surface area contributed by atoms with Crippen LogP contribution in [0, 0.1) is 0 Å². The molecule has 1 aromatic carbocycles. The summed E-state index contributed by atoms with van der Waals surface area (Å²) >= 11 is 2.68. The number of nitrogens with zero attached hydrogens (tertiary/aromatic N) is 3. The van der Waals surface area contributed by atoms with E-state index < -0.39 is 6.09 Å². The summed E-state index contributed by atoms with van der Waals surface area (Å²) < 4.78 is 5.95. The van der Waals surface area contributed by atoms with E-state index in [2.05, 4.69) is 31.0 Å². The van der Waals surface area contributed by atoms with Gasteiger partial charge >= 0.3 is 21.6 Å². The Labute approximate surface area is 164 Å². The number of rotatable bonds is 2. The lowest BCUT2D eigenvalue weighted by Crippen LogP contribution is -2.32. The summed E-state index contributed by atoms with van der Waals surface area (Å²) in [5.74, 6) is 0.656. The monoisotopic (exact) mass is 410 g/mol. The number of amides is 1.